The van der Waals surface area contributed by atoms with Crippen LogP contribution in [0.5, 0.6) is 0 Å². The molecule has 0 bridgehead atoms. The lowest BCUT2D eigenvalue weighted by Gasteiger charge is -2.32. The van der Waals surface area contributed by atoms with Crippen LogP contribution in [0, 0.1) is 17.8 Å². The van der Waals surface area contributed by atoms with Gasteiger partial charge in [0.05, 0.1) is 4.83 Å². The van der Waals surface area contributed by atoms with Crippen molar-refractivity contribution in [2.45, 2.75) is 30.5 Å². The normalized spacial score (nSPS) is 47.8. The molecular weight excluding hydrogens is 228 g/mol. The molecule has 3 aliphatic carbocycles. The molecule has 3 aliphatic rings. The van der Waals surface area contributed by atoms with E-state index in [-0.39, 0.29) is 4.83 Å². The Balaban J connectivity index is 1.97. The Hall–Kier alpha value is -0.110. The molecule has 3 rings (SSSR count). The SMILES string of the molecule is O=C1C(Br)CCC2=C[C@H]3CCC1[C@@H]23. The topological polar surface area (TPSA) is 17.1 Å². The predicted molar refractivity (Wildman–Crippen MR) is 54.7 cm³/mol. The van der Waals surface area contributed by atoms with Gasteiger partial charge >= 0.3 is 0 Å². The number of rotatable bonds is 0. The molecule has 0 radical (unpaired) electrons. The lowest BCUT2D eigenvalue weighted by Crippen LogP contribution is -2.29. The molecule has 0 aromatic carbocycles. The van der Waals surface area contributed by atoms with Gasteiger partial charge in [-0.05, 0) is 37.5 Å². The lowest BCUT2D eigenvalue weighted by atomic mass is 9.72. The van der Waals surface area contributed by atoms with Crippen molar-refractivity contribution in [1.82, 2.24) is 0 Å². The maximum Gasteiger partial charge on any atom is 0.150 e. The van der Waals surface area contributed by atoms with Gasteiger partial charge in [0.2, 0.25) is 0 Å². The van der Waals surface area contributed by atoms with Gasteiger partial charge in [-0.3, -0.25) is 4.79 Å². The fourth-order valence-corrected chi connectivity index (χ4v) is 3.82. The van der Waals surface area contributed by atoms with Crippen LogP contribution in [0.2, 0.25) is 0 Å². The zero-order valence-corrected chi connectivity index (χ0v) is 9.09. The third-order valence-electron chi connectivity index (χ3n) is 3.92. The highest BCUT2D eigenvalue weighted by Gasteiger charge is 2.48. The zero-order chi connectivity index (χ0) is 9.00. The molecule has 2 fully saturated rings. The minimum Gasteiger partial charge on any atom is -0.298 e. The Morgan fingerprint density at radius 3 is 3.00 bits per heavy atom. The molecule has 0 saturated heterocycles. The first-order valence-corrected chi connectivity index (χ1v) is 6.07. The van der Waals surface area contributed by atoms with E-state index in [2.05, 4.69) is 22.0 Å². The summed E-state index contributed by atoms with van der Waals surface area (Å²) in [5, 5.41) is 0. The molecule has 0 aromatic rings. The number of halogens is 1. The number of hydrogen-bond donors (Lipinski definition) is 0. The summed E-state index contributed by atoms with van der Waals surface area (Å²) in [7, 11) is 0. The van der Waals surface area contributed by atoms with Crippen LogP contribution in [0.15, 0.2) is 11.6 Å². The molecule has 1 nitrogen and oxygen atoms in total. The summed E-state index contributed by atoms with van der Waals surface area (Å²) in [6.45, 7) is 0. The van der Waals surface area contributed by atoms with Gasteiger partial charge in [-0.25, -0.2) is 0 Å². The minimum atomic E-state index is 0.141. The van der Waals surface area contributed by atoms with E-state index in [9.17, 15) is 4.79 Å². The van der Waals surface area contributed by atoms with Crippen LogP contribution in [0.4, 0.5) is 0 Å². The molecule has 0 amide bonds. The summed E-state index contributed by atoms with van der Waals surface area (Å²) in [4.78, 5) is 12.1. The Morgan fingerprint density at radius 1 is 1.31 bits per heavy atom. The van der Waals surface area contributed by atoms with Gasteiger partial charge in [-0.2, -0.15) is 0 Å². The quantitative estimate of drug-likeness (QED) is 0.470. The summed E-state index contributed by atoms with van der Waals surface area (Å²) in [6.07, 6.45) is 6.98. The summed E-state index contributed by atoms with van der Waals surface area (Å²) in [5.41, 5.74) is 1.59. The van der Waals surface area contributed by atoms with Gasteiger partial charge in [0.25, 0.3) is 0 Å². The summed E-state index contributed by atoms with van der Waals surface area (Å²) in [6, 6.07) is 0. The van der Waals surface area contributed by atoms with Crippen LogP contribution < -0.4 is 0 Å². The molecule has 2 heteroatoms. The van der Waals surface area contributed by atoms with Crippen molar-refractivity contribution in [3.8, 4) is 0 Å². The van der Waals surface area contributed by atoms with Crippen molar-refractivity contribution in [1.29, 1.82) is 0 Å². The van der Waals surface area contributed by atoms with Crippen LogP contribution in [0.25, 0.3) is 0 Å². The average molecular weight is 241 g/mol. The molecule has 0 spiro atoms. The number of allylic oxidation sites excluding steroid dienone is 2. The Labute approximate surface area is 86.7 Å². The second kappa shape index (κ2) is 2.69. The molecule has 0 heterocycles. The van der Waals surface area contributed by atoms with Crippen LogP contribution in [0.1, 0.15) is 25.7 Å². The van der Waals surface area contributed by atoms with E-state index >= 15 is 0 Å². The van der Waals surface area contributed by atoms with Crippen molar-refractivity contribution in [3.63, 3.8) is 0 Å². The van der Waals surface area contributed by atoms with Gasteiger partial charge in [0.1, 0.15) is 5.78 Å². The zero-order valence-electron chi connectivity index (χ0n) is 7.50. The van der Waals surface area contributed by atoms with Gasteiger partial charge in [0.15, 0.2) is 0 Å². The van der Waals surface area contributed by atoms with Gasteiger partial charge < -0.3 is 0 Å². The van der Waals surface area contributed by atoms with Crippen LogP contribution in [0.3, 0.4) is 0 Å². The maximum absolute atomic E-state index is 11.9. The average Bonchev–Trinajstić information content (AvgIpc) is 2.38. The molecule has 0 aromatic heterocycles. The molecular formula is C11H13BrO. The van der Waals surface area contributed by atoms with E-state index in [0.717, 1.165) is 25.2 Å². The van der Waals surface area contributed by atoms with Crippen molar-refractivity contribution in [2.24, 2.45) is 17.8 Å². The molecule has 0 N–H and O–H groups in total. The largest absolute Gasteiger partial charge is 0.298 e. The fourth-order valence-electron chi connectivity index (χ4n) is 3.25. The standard InChI is InChI=1S/C11H13BrO/c12-9-4-2-7-5-6-1-3-8(10(6)7)11(9)13/h5-6,8-10H,1-4H2/t6-,8?,9?,10-/m1/s1. The smallest absolute Gasteiger partial charge is 0.150 e. The number of Topliss-reactive ketones (excluding diaryl/α,β-unsaturated/α-hetero) is 1. The predicted octanol–water partition coefficient (Wildman–Crippen LogP) is 2.70. The van der Waals surface area contributed by atoms with Crippen molar-refractivity contribution in [2.75, 3.05) is 0 Å². The van der Waals surface area contributed by atoms with E-state index in [1.165, 1.54) is 6.42 Å². The second-order valence-electron chi connectivity index (χ2n) is 4.52. The van der Waals surface area contributed by atoms with E-state index in [1.807, 2.05) is 0 Å². The molecule has 70 valence electrons. The monoisotopic (exact) mass is 240 g/mol. The Bertz CT molecular complexity index is 294. The number of alkyl halides is 1. The third-order valence-corrected chi connectivity index (χ3v) is 4.83. The number of carbonyl (C=O) groups excluding carboxylic acids is 1. The van der Waals surface area contributed by atoms with Crippen molar-refractivity contribution >= 4 is 21.7 Å². The molecule has 13 heavy (non-hydrogen) atoms. The van der Waals surface area contributed by atoms with Gasteiger partial charge in [0, 0.05) is 5.92 Å². The van der Waals surface area contributed by atoms with Crippen LogP contribution >= 0.6 is 15.9 Å². The summed E-state index contributed by atoms with van der Waals surface area (Å²) < 4.78 is 0. The molecule has 2 unspecified atom stereocenters. The molecule has 0 aliphatic heterocycles. The first-order valence-electron chi connectivity index (χ1n) is 5.16. The van der Waals surface area contributed by atoms with E-state index in [4.69, 9.17) is 0 Å². The Kier molecular flexibility index (Phi) is 1.70. The van der Waals surface area contributed by atoms with Gasteiger partial charge in [-0.1, -0.05) is 27.6 Å². The number of ketones is 1. The van der Waals surface area contributed by atoms with Crippen molar-refractivity contribution < 1.29 is 4.79 Å². The molecule has 4 atom stereocenters. The number of carbonyl (C=O) groups is 1. The molecule has 2 saturated carbocycles. The minimum absolute atomic E-state index is 0.141. The van der Waals surface area contributed by atoms with Crippen LogP contribution in [-0.4, -0.2) is 10.6 Å². The highest BCUT2D eigenvalue weighted by Crippen LogP contribution is 2.53. The summed E-state index contributed by atoms with van der Waals surface area (Å²) >= 11 is 3.51. The first-order chi connectivity index (χ1) is 6.27. The maximum atomic E-state index is 11.9. The lowest BCUT2D eigenvalue weighted by molar-refractivity contribution is -0.122. The van der Waals surface area contributed by atoms with E-state index in [1.54, 1.807) is 5.57 Å². The first kappa shape index (κ1) is 8.22. The highest BCUT2D eigenvalue weighted by molar-refractivity contribution is 9.10. The second-order valence-corrected chi connectivity index (χ2v) is 5.63. The van der Waals surface area contributed by atoms with E-state index < -0.39 is 0 Å². The van der Waals surface area contributed by atoms with Crippen molar-refractivity contribution in [3.05, 3.63) is 11.6 Å². The van der Waals surface area contributed by atoms with Gasteiger partial charge in [-0.15, -0.1) is 0 Å². The Morgan fingerprint density at radius 2 is 2.15 bits per heavy atom. The van der Waals surface area contributed by atoms with E-state index in [0.29, 0.717) is 17.6 Å². The fraction of sp³-hybridized carbons (Fsp3) is 0.727. The summed E-state index contributed by atoms with van der Waals surface area (Å²) in [5.74, 6) is 2.28. The third kappa shape index (κ3) is 1.01. The highest BCUT2D eigenvalue weighted by atomic mass is 79.9. The van der Waals surface area contributed by atoms with Crippen LogP contribution in [-0.2, 0) is 4.79 Å². The number of hydrogen-bond acceptors (Lipinski definition) is 1.